The number of nitro benzene ring substituents is 1. The van der Waals surface area contributed by atoms with Crippen molar-refractivity contribution in [3.8, 4) is 5.82 Å². The number of hydrazone groups is 1. The average molecular weight is 387 g/mol. The molecule has 28 heavy (non-hydrogen) atoms. The van der Waals surface area contributed by atoms with Crippen LogP contribution in [0.4, 0.5) is 11.5 Å². The largest absolute Gasteiger partial charge is 0.378 e. The van der Waals surface area contributed by atoms with E-state index in [1.165, 1.54) is 31.5 Å². The van der Waals surface area contributed by atoms with Crippen LogP contribution in [0.2, 0.25) is 0 Å². The van der Waals surface area contributed by atoms with Crippen molar-refractivity contribution in [1.82, 2.24) is 30.7 Å². The Morgan fingerprint density at radius 2 is 2.32 bits per heavy atom. The predicted molar refractivity (Wildman–Crippen MR) is 92.5 cm³/mol. The van der Waals surface area contributed by atoms with Gasteiger partial charge in [-0.1, -0.05) is 17.3 Å². The van der Waals surface area contributed by atoms with Crippen LogP contribution in [-0.4, -0.2) is 49.5 Å². The number of carbonyl (C=O) groups excluding carboxylic acids is 1. The van der Waals surface area contributed by atoms with E-state index < -0.39 is 10.8 Å². The van der Waals surface area contributed by atoms with E-state index in [0.29, 0.717) is 5.56 Å². The summed E-state index contributed by atoms with van der Waals surface area (Å²) in [5.74, 6) is -0.674. The first-order valence-electron chi connectivity index (χ1n) is 7.61. The van der Waals surface area contributed by atoms with E-state index in [0.717, 1.165) is 4.68 Å². The molecule has 14 heteroatoms. The van der Waals surface area contributed by atoms with Gasteiger partial charge in [-0.2, -0.15) is 9.78 Å². The monoisotopic (exact) mass is 387 g/mol. The predicted octanol–water partition coefficient (Wildman–Crippen LogP) is 0.0510. The van der Waals surface area contributed by atoms with Gasteiger partial charge in [0, 0.05) is 24.8 Å². The molecule has 0 aliphatic rings. The number of ether oxygens (including phenoxy) is 1. The molecule has 3 rings (SSSR count). The first-order valence-corrected chi connectivity index (χ1v) is 7.61. The number of hydrogen-bond donors (Lipinski definition) is 2. The first-order chi connectivity index (χ1) is 13.5. The number of hydrogen-bond acceptors (Lipinski definition) is 11. The number of benzene rings is 1. The van der Waals surface area contributed by atoms with Gasteiger partial charge in [-0.3, -0.25) is 14.9 Å². The summed E-state index contributed by atoms with van der Waals surface area (Å²) in [5.41, 5.74) is 8.39. The molecule has 0 atom stereocenters. The van der Waals surface area contributed by atoms with Crippen molar-refractivity contribution >= 4 is 23.6 Å². The van der Waals surface area contributed by atoms with E-state index >= 15 is 0 Å². The van der Waals surface area contributed by atoms with Gasteiger partial charge in [-0.05, 0) is 10.3 Å². The Morgan fingerprint density at radius 1 is 1.50 bits per heavy atom. The number of methoxy groups -OCH3 is 1. The van der Waals surface area contributed by atoms with E-state index in [-0.39, 0.29) is 35.3 Å². The standard InChI is InChI=1S/C14H13N9O5/c1-27-7-10-11(17-21-22(10)13-12(15)19-28-20-13)14(24)18-16-6-8-3-2-4-9(5-8)23(25)26/h2-6H,7H2,1H3,(H2,15,19)(H,18,24)/b16-6-. The first kappa shape index (κ1) is 18.6. The van der Waals surface area contributed by atoms with Crippen LogP contribution >= 0.6 is 0 Å². The zero-order valence-corrected chi connectivity index (χ0v) is 14.3. The number of nitrogens with two attached hydrogens (primary N) is 1. The van der Waals surface area contributed by atoms with Crippen LogP contribution in [0.5, 0.6) is 0 Å². The van der Waals surface area contributed by atoms with Crippen molar-refractivity contribution in [3.63, 3.8) is 0 Å². The Morgan fingerprint density at radius 3 is 3.00 bits per heavy atom. The molecular weight excluding hydrogens is 374 g/mol. The van der Waals surface area contributed by atoms with Crippen molar-refractivity contribution in [3.05, 3.63) is 51.3 Å². The molecule has 0 unspecified atom stereocenters. The van der Waals surface area contributed by atoms with E-state index in [9.17, 15) is 14.9 Å². The molecule has 0 saturated heterocycles. The van der Waals surface area contributed by atoms with Crippen LogP contribution in [0.15, 0.2) is 34.0 Å². The summed E-state index contributed by atoms with van der Waals surface area (Å²) in [6.07, 6.45) is 1.25. The lowest BCUT2D eigenvalue weighted by Gasteiger charge is -2.03. The molecule has 0 aliphatic heterocycles. The van der Waals surface area contributed by atoms with Gasteiger partial charge >= 0.3 is 0 Å². The second-order valence-corrected chi connectivity index (χ2v) is 5.25. The number of carbonyl (C=O) groups is 1. The highest BCUT2D eigenvalue weighted by Crippen LogP contribution is 2.16. The van der Waals surface area contributed by atoms with Crippen LogP contribution in [0.1, 0.15) is 21.7 Å². The summed E-state index contributed by atoms with van der Waals surface area (Å²) in [4.78, 5) is 22.6. The Labute approximate surface area is 156 Å². The lowest BCUT2D eigenvalue weighted by Crippen LogP contribution is -2.20. The molecule has 0 fully saturated rings. The van der Waals surface area contributed by atoms with Gasteiger partial charge in [-0.15, -0.1) is 5.10 Å². The summed E-state index contributed by atoms with van der Waals surface area (Å²) >= 11 is 0. The van der Waals surface area contributed by atoms with E-state index in [1.54, 1.807) is 6.07 Å². The third-order valence-corrected chi connectivity index (χ3v) is 3.42. The third kappa shape index (κ3) is 3.80. The summed E-state index contributed by atoms with van der Waals surface area (Å²) in [5, 5.41) is 29.2. The lowest BCUT2D eigenvalue weighted by molar-refractivity contribution is -0.384. The molecule has 1 amide bonds. The topological polar surface area (TPSA) is 189 Å². The SMILES string of the molecule is COCc1c(C(=O)N/N=C\c2cccc([N+](=O)[O-])c2)nnn1-c1nonc1N. The normalized spacial score (nSPS) is 11.0. The van der Waals surface area contributed by atoms with Gasteiger partial charge in [0.2, 0.25) is 11.6 Å². The zero-order chi connectivity index (χ0) is 20.1. The highest BCUT2D eigenvalue weighted by Gasteiger charge is 2.23. The molecule has 3 aromatic rings. The Balaban J connectivity index is 1.79. The lowest BCUT2D eigenvalue weighted by atomic mass is 10.2. The maximum atomic E-state index is 12.4. The van der Waals surface area contributed by atoms with Gasteiger partial charge in [0.15, 0.2) is 5.69 Å². The number of aromatic nitrogens is 5. The molecule has 2 heterocycles. The number of nitro groups is 1. The van der Waals surface area contributed by atoms with Gasteiger partial charge in [0.05, 0.1) is 17.7 Å². The summed E-state index contributed by atoms with van der Waals surface area (Å²) in [6, 6.07) is 5.74. The Bertz CT molecular complexity index is 1040. The average Bonchev–Trinajstić information content (AvgIpc) is 3.28. The molecular formula is C14H13N9O5. The minimum Gasteiger partial charge on any atom is -0.378 e. The van der Waals surface area contributed by atoms with Crippen molar-refractivity contribution in [1.29, 1.82) is 0 Å². The molecule has 0 radical (unpaired) electrons. The van der Waals surface area contributed by atoms with E-state index in [4.69, 9.17) is 10.5 Å². The smallest absolute Gasteiger partial charge is 0.293 e. The van der Waals surface area contributed by atoms with Crippen molar-refractivity contribution < 1.29 is 19.1 Å². The zero-order valence-electron chi connectivity index (χ0n) is 14.3. The number of nitrogen functional groups attached to an aromatic ring is 1. The van der Waals surface area contributed by atoms with Crippen LogP contribution in [0.25, 0.3) is 5.82 Å². The maximum Gasteiger partial charge on any atom is 0.293 e. The Kier molecular flexibility index (Phi) is 5.31. The molecule has 0 saturated carbocycles. The number of nitrogens with zero attached hydrogens (tertiary/aromatic N) is 7. The van der Waals surface area contributed by atoms with E-state index in [2.05, 4.69) is 35.8 Å². The number of amides is 1. The number of non-ortho nitro benzene ring substituents is 1. The highest BCUT2D eigenvalue weighted by molar-refractivity contribution is 5.94. The van der Waals surface area contributed by atoms with Crippen LogP contribution in [0.3, 0.4) is 0 Å². The van der Waals surface area contributed by atoms with E-state index in [1.807, 2.05) is 0 Å². The molecule has 1 aromatic carbocycles. The summed E-state index contributed by atoms with van der Waals surface area (Å²) < 4.78 is 10.7. The Hall–Kier alpha value is -4.20. The minimum absolute atomic E-state index is 0.0311. The molecule has 144 valence electrons. The molecule has 0 bridgehead atoms. The maximum absolute atomic E-state index is 12.4. The number of nitrogens with one attached hydrogen (secondary N) is 1. The van der Waals surface area contributed by atoms with Crippen LogP contribution in [-0.2, 0) is 11.3 Å². The van der Waals surface area contributed by atoms with Gasteiger partial charge < -0.3 is 10.5 Å². The molecule has 14 nitrogen and oxygen atoms in total. The van der Waals surface area contributed by atoms with Crippen LogP contribution < -0.4 is 11.2 Å². The molecule has 0 spiro atoms. The van der Waals surface area contributed by atoms with Gasteiger partial charge in [0.1, 0.15) is 5.69 Å². The quantitative estimate of drug-likeness (QED) is 0.318. The number of anilines is 1. The van der Waals surface area contributed by atoms with Crippen LogP contribution in [0, 0.1) is 10.1 Å². The fourth-order valence-electron chi connectivity index (χ4n) is 2.19. The third-order valence-electron chi connectivity index (χ3n) is 3.42. The minimum atomic E-state index is -0.685. The van der Waals surface area contributed by atoms with Gasteiger partial charge in [-0.25, -0.2) is 10.1 Å². The second-order valence-electron chi connectivity index (χ2n) is 5.25. The number of rotatable bonds is 7. The summed E-state index contributed by atoms with van der Waals surface area (Å²) in [7, 11) is 1.42. The molecule has 0 aliphatic carbocycles. The van der Waals surface area contributed by atoms with Crippen molar-refractivity contribution in [2.75, 3.05) is 12.8 Å². The summed E-state index contributed by atoms with van der Waals surface area (Å²) in [6.45, 7) is -0.0311. The van der Waals surface area contributed by atoms with Gasteiger partial charge in [0.25, 0.3) is 11.6 Å². The fourth-order valence-corrected chi connectivity index (χ4v) is 2.19. The molecule has 2 aromatic heterocycles. The fraction of sp³-hybridized carbons (Fsp3) is 0.143. The highest BCUT2D eigenvalue weighted by atomic mass is 16.6. The van der Waals surface area contributed by atoms with Crippen molar-refractivity contribution in [2.45, 2.75) is 6.61 Å². The second kappa shape index (κ2) is 8.00. The molecule has 3 N–H and O–H groups in total. The van der Waals surface area contributed by atoms with Crippen molar-refractivity contribution in [2.24, 2.45) is 5.10 Å².